The second-order valence-corrected chi connectivity index (χ2v) is 40.0. The van der Waals surface area contributed by atoms with Crippen molar-refractivity contribution in [1.82, 2.24) is 0 Å². The van der Waals surface area contributed by atoms with E-state index >= 15 is 0 Å². The molecule has 1 aliphatic heterocycles. The lowest BCUT2D eigenvalue weighted by Crippen LogP contribution is -2.31. The number of phenolic OH excluding ortho intramolecular Hbond substituents is 1. The van der Waals surface area contributed by atoms with Crippen molar-refractivity contribution in [3.8, 4) is 85.1 Å². The first-order chi connectivity index (χ1) is 68.2. The zero-order valence-corrected chi connectivity index (χ0v) is 92.9. The van der Waals surface area contributed by atoms with Gasteiger partial charge in [-0.3, -0.25) is 0 Å². The van der Waals surface area contributed by atoms with E-state index in [1.165, 1.54) is 113 Å². The highest BCUT2D eigenvalue weighted by Gasteiger charge is 2.26. The van der Waals surface area contributed by atoms with Crippen molar-refractivity contribution in [2.45, 2.75) is 199 Å². The molecule has 2 unspecified atom stereocenters. The van der Waals surface area contributed by atoms with Gasteiger partial charge < -0.3 is 76.7 Å². The maximum atomic E-state index is 11.3. The third-order valence-corrected chi connectivity index (χ3v) is 27.2. The molecule has 13 aromatic carbocycles. The highest BCUT2D eigenvalue weighted by atomic mass is 79.9. The molecule has 1 heterocycles. The number of aromatic hydroxyl groups is 1. The fraction of sp³-hybridized carbons (Fsp3) is 0.361. The summed E-state index contributed by atoms with van der Waals surface area (Å²) in [6, 6.07) is 91.6. The average molecular weight is 2030 g/mol. The lowest BCUT2D eigenvalue weighted by molar-refractivity contribution is 0.0510. The minimum Gasteiger partial charge on any atom is -0.507 e. The Hall–Kier alpha value is -10.8. The molecular formula is C122H158BBrO16P2. The number of aryl methyl sites for hydroxylation is 4. The highest BCUT2D eigenvalue weighted by Crippen LogP contribution is 2.46. The molecule has 0 aliphatic carbocycles. The van der Waals surface area contributed by atoms with Gasteiger partial charge in [-0.25, -0.2) is 0 Å². The smallest absolute Gasteiger partial charge is 0.492 e. The van der Waals surface area contributed by atoms with Crippen LogP contribution in [0.2, 0.25) is 0 Å². The Morgan fingerprint density at radius 3 is 1.01 bits per heavy atom. The lowest BCUT2D eigenvalue weighted by atomic mass is 9.80. The normalized spacial score (nSPS) is 11.3. The van der Waals surface area contributed by atoms with Gasteiger partial charge in [-0.05, 0) is 232 Å². The van der Waals surface area contributed by atoms with Crippen LogP contribution in [-0.2, 0) is 23.7 Å². The quantitative estimate of drug-likeness (QED) is 0.0206. The van der Waals surface area contributed by atoms with Gasteiger partial charge in [0.15, 0.2) is 27.2 Å². The summed E-state index contributed by atoms with van der Waals surface area (Å²) in [5.74, 6) is 10.7. The molecule has 16 nitrogen and oxygen atoms in total. The van der Waals surface area contributed by atoms with Crippen molar-refractivity contribution in [2.75, 3.05) is 97.3 Å². The molecule has 3 N–H and O–H groups in total. The van der Waals surface area contributed by atoms with E-state index < -0.39 is 7.12 Å². The molecule has 13 aromatic rings. The van der Waals surface area contributed by atoms with Gasteiger partial charge in [0.25, 0.3) is 0 Å². The summed E-state index contributed by atoms with van der Waals surface area (Å²) in [5, 5.41) is 33.7. The minimum absolute atomic E-state index is 0.0870. The molecule has 2 atom stereocenters. The predicted octanol–water partition coefficient (Wildman–Crippen LogP) is 28.9. The Bertz CT molecular complexity index is 5680. The molecule has 762 valence electrons. The summed E-state index contributed by atoms with van der Waals surface area (Å²) in [4.78, 5) is 0. The van der Waals surface area contributed by atoms with E-state index in [-0.39, 0.29) is 20.4 Å². The molecule has 1 aliphatic rings. The van der Waals surface area contributed by atoms with E-state index in [1.807, 2.05) is 141 Å². The van der Waals surface area contributed by atoms with Gasteiger partial charge in [-0.15, -0.1) is 0 Å². The second-order valence-electron chi connectivity index (χ2n) is 36.6. The maximum absolute atomic E-state index is 11.3. The number of hydrogen-bond donors (Lipinski definition) is 3. The van der Waals surface area contributed by atoms with Crippen molar-refractivity contribution in [3.05, 3.63) is 344 Å². The minimum atomic E-state index is -1.52. The Labute approximate surface area is 863 Å². The fourth-order valence-electron chi connectivity index (χ4n) is 15.7. The van der Waals surface area contributed by atoms with Gasteiger partial charge in [-0.1, -0.05) is 356 Å². The van der Waals surface area contributed by atoms with E-state index in [4.69, 9.17) is 71.6 Å². The highest BCUT2D eigenvalue weighted by molar-refractivity contribution is 9.10. The van der Waals surface area contributed by atoms with Crippen LogP contribution in [0.25, 0.3) is 33.4 Å². The van der Waals surface area contributed by atoms with Gasteiger partial charge in [0.1, 0.15) is 51.7 Å². The summed E-state index contributed by atoms with van der Waals surface area (Å²) in [7, 11) is 12.4. The van der Waals surface area contributed by atoms with Gasteiger partial charge in [0.2, 0.25) is 0 Å². The van der Waals surface area contributed by atoms with Crippen LogP contribution in [-0.4, -0.2) is 120 Å². The summed E-state index contributed by atoms with van der Waals surface area (Å²) < 4.78 is 69.6. The van der Waals surface area contributed by atoms with Gasteiger partial charge in [-0.2, -0.15) is 0 Å². The second kappa shape index (κ2) is 64.7. The van der Waals surface area contributed by atoms with E-state index in [2.05, 4.69) is 262 Å². The largest absolute Gasteiger partial charge is 0.507 e. The number of ether oxygens (including phenoxy) is 13. The molecule has 0 bridgehead atoms. The first kappa shape index (κ1) is 120. The molecule has 20 heteroatoms. The number of para-hydroxylation sites is 5. The van der Waals surface area contributed by atoms with Crippen molar-refractivity contribution in [2.24, 2.45) is 0 Å². The number of benzene rings is 13. The first-order valence-corrected chi connectivity index (χ1v) is 51.8. The summed E-state index contributed by atoms with van der Waals surface area (Å²) >= 11 is 3.68. The molecule has 1 saturated heterocycles. The van der Waals surface area contributed by atoms with E-state index in [1.54, 1.807) is 74.0 Å². The molecule has 1 fully saturated rings. The number of halogens is 1. The zero-order chi connectivity index (χ0) is 104. The summed E-state index contributed by atoms with van der Waals surface area (Å²) in [5.41, 5.74) is 22.9. The molecule has 142 heavy (non-hydrogen) atoms. The van der Waals surface area contributed by atoms with Crippen LogP contribution in [0.1, 0.15) is 238 Å². The molecule has 0 aromatic heterocycles. The lowest BCUT2D eigenvalue weighted by Gasteiger charge is -2.23. The van der Waals surface area contributed by atoms with Crippen LogP contribution in [0, 0.1) is 27.7 Å². The molecule has 0 amide bonds. The van der Waals surface area contributed by atoms with Gasteiger partial charge in [0, 0.05) is 89.5 Å². The Kier molecular flexibility index (Phi) is 54.7. The van der Waals surface area contributed by atoms with Gasteiger partial charge in [0.05, 0.1) is 28.4 Å². The van der Waals surface area contributed by atoms with Crippen LogP contribution in [0.15, 0.2) is 277 Å². The topological polar surface area (TPSA) is 181 Å². The third-order valence-electron chi connectivity index (χ3n) is 23.1. The monoisotopic (exact) mass is 2030 g/mol. The van der Waals surface area contributed by atoms with Gasteiger partial charge >= 0.3 is 7.12 Å². The molecule has 0 radical (unpaired) electrons. The Morgan fingerprint density at radius 2 is 0.627 bits per heavy atom. The van der Waals surface area contributed by atoms with Crippen LogP contribution >= 0.6 is 33.1 Å². The van der Waals surface area contributed by atoms with E-state index in [0.717, 1.165) is 86.1 Å². The number of rotatable bonds is 32. The fourth-order valence-corrected chi connectivity index (χ4v) is 19.5. The summed E-state index contributed by atoms with van der Waals surface area (Å²) in [6.07, 6.45) is 2.56. The summed E-state index contributed by atoms with van der Waals surface area (Å²) in [6.45, 7) is 46.9. The Morgan fingerprint density at radius 1 is 0.310 bits per heavy atom. The van der Waals surface area contributed by atoms with E-state index in [0.29, 0.717) is 88.3 Å². The molecule has 14 rings (SSSR count). The molecule has 0 spiro atoms. The van der Waals surface area contributed by atoms with Crippen LogP contribution in [0.5, 0.6) is 51.7 Å². The van der Waals surface area contributed by atoms with Crippen molar-refractivity contribution >= 4 is 66.9 Å². The standard InChI is InChI=1S/C28H35O3P.C26H31O2P.C20H26O2.C12H17Br.C8H11BO4.C8H10O2.2C8H10O.C4H8O/c1-18(2)21-12-9-13-22(19(3)4)26(21)23-14-10-16-25(27(23)31-17-29-6)32-28-20(5)11-8-15-24(28)30-7;1-16(2)19-11-8-12-20(17(3)4)24(19)21-13-9-15-23(25(21)27)29-26-18(5)10-7-14-22(26)28-6;1-14(2)16-10-8-11-17(15(3)4)20(16)18-9-6-7-12-19(18)22-13-21-5;1-8(2)10-6-5-7-11(9(3)4)12(10)13;1-12-6-13-8-5-3-2-4-7(8)9(10)11;1-9-7-10-8-5-3-2-4-6-8;2*1-7-4-3-5-8(6-7)9-2;1-2-4-5-3-1/h8-16,18-19,32H,17H2,1-7H3;7-17,27,29H,1-6H3;6-12,14-15H,13H2,1-5H3;5-9H,1-4H3;2-5,10-11H,6H2,1H3;2-6H,7H2,1H3;2*3-6H,1-2H3;1-4H2. The van der Waals surface area contributed by atoms with Crippen molar-refractivity contribution in [1.29, 1.82) is 0 Å². The van der Waals surface area contributed by atoms with Crippen molar-refractivity contribution < 1.29 is 76.7 Å². The number of methoxy groups -OCH3 is 8. The number of phenols is 1. The number of hydrogen-bond acceptors (Lipinski definition) is 16. The van der Waals surface area contributed by atoms with Crippen LogP contribution < -0.4 is 64.6 Å². The molecule has 0 saturated carbocycles. The zero-order valence-electron chi connectivity index (χ0n) is 89.4. The van der Waals surface area contributed by atoms with Crippen LogP contribution in [0.3, 0.4) is 0 Å². The van der Waals surface area contributed by atoms with E-state index in [9.17, 15) is 5.11 Å². The Balaban J connectivity index is 0.000000257. The average Bonchev–Trinajstić information content (AvgIpc) is 0.888. The first-order valence-electron chi connectivity index (χ1n) is 49.0. The maximum Gasteiger partial charge on any atom is 0.492 e. The third kappa shape index (κ3) is 38.1. The SMILES string of the molecule is C1CCOC1.CC(C)c1cccc(C(C)C)c1Br.COCOc1c(Pc2c(C)cccc2OC)cccc1-c1c(C(C)C)cccc1C(C)C.COCOc1ccccc1.COCOc1ccccc1-c1c(C(C)C)cccc1C(C)C.COCOc1ccccc1B(O)O.COc1cccc(C)c1.COc1cccc(C)c1.COc1cccc(C)c1Pc1cccc(-c2c(C(C)C)cccc2C(C)C)c1O. The molecular weight excluding hydrogens is 1870 g/mol. The predicted molar refractivity (Wildman–Crippen MR) is 603 cm³/mol. The van der Waals surface area contributed by atoms with Crippen LogP contribution in [0.4, 0.5) is 0 Å². The van der Waals surface area contributed by atoms with Crippen molar-refractivity contribution in [3.63, 3.8) is 0 Å².